The Labute approximate surface area is 139 Å². The Bertz CT molecular complexity index is 628. The summed E-state index contributed by atoms with van der Waals surface area (Å²) >= 11 is 4.53. The van der Waals surface area contributed by atoms with Gasteiger partial charge in [0.1, 0.15) is 0 Å². The fourth-order valence-corrected chi connectivity index (χ4v) is 4.13. The van der Waals surface area contributed by atoms with E-state index in [0.717, 1.165) is 7.53 Å². The lowest BCUT2D eigenvalue weighted by Crippen LogP contribution is -1.83. The monoisotopic (exact) mass is 472 g/mol. The first kappa shape index (κ1) is 13.2. The molecule has 1 heterocycles. The van der Waals surface area contributed by atoms with Gasteiger partial charge in [0.15, 0.2) is 7.53 Å². The van der Waals surface area contributed by atoms with Gasteiger partial charge in [0.2, 0.25) is 0 Å². The fourth-order valence-electron chi connectivity index (χ4n) is 2.10. The number of hydrogen-bond acceptors (Lipinski definition) is 1. The van der Waals surface area contributed by atoms with E-state index in [0.29, 0.717) is 0 Å². The van der Waals surface area contributed by atoms with Crippen molar-refractivity contribution in [3.05, 3.63) is 68.2 Å². The molecule has 0 unspecified atom stereocenters. The minimum atomic E-state index is 0.937. The van der Waals surface area contributed by atoms with E-state index in [4.69, 9.17) is 4.42 Å². The maximum absolute atomic E-state index is 5.83. The lowest BCUT2D eigenvalue weighted by Gasteiger charge is -2.04. The molecule has 1 aromatic heterocycles. The molecule has 0 fully saturated rings. The highest BCUT2D eigenvalue weighted by Crippen LogP contribution is 2.40. The Balaban J connectivity index is 2.26. The summed E-state index contributed by atoms with van der Waals surface area (Å²) in [7, 11) is 0. The summed E-state index contributed by atoms with van der Waals surface area (Å²) in [6.07, 6.45) is 0. The Morgan fingerprint density at radius 1 is 0.579 bits per heavy atom. The van der Waals surface area contributed by atoms with Crippen LogP contribution in [0.25, 0.3) is 22.3 Å². The van der Waals surface area contributed by atoms with Crippen LogP contribution in [-0.2, 0) is 0 Å². The minimum absolute atomic E-state index is 0.937. The van der Waals surface area contributed by atoms with Gasteiger partial charge >= 0.3 is 0 Å². The molecule has 0 bridgehead atoms. The van der Waals surface area contributed by atoms with Crippen molar-refractivity contribution in [2.24, 2.45) is 0 Å². The Hall–Kier alpha value is -0.820. The van der Waals surface area contributed by atoms with E-state index in [2.05, 4.69) is 93.7 Å². The molecule has 19 heavy (non-hydrogen) atoms. The van der Waals surface area contributed by atoms with E-state index in [1.165, 1.54) is 22.3 Å². The van der Waals surface area contributed by atoms with Crippen LogP contribution in [0.3, 0.4) is 0 Å². The minimum Gasteiger partial charge on any atom is -0.443 e. The van der Waals surface area contributed by atoms with Crippen molar-refractivity contribution in [2.75, 3.05) is 0 Å². The van der Waals surface area contributed by atoms with Gasteiger partial charge in [0.25, 0.3) is 0 Å². The molecule has 0 radical (unpaired) electrons. The van der Waals surface area contributed by atoms with E-state index in [9.17, 15) is 0 Å². The van der Waals surface area contributed by atoms with E-state index in [1.807, 2.05) is 12.1 Å². The maximum Gasteiger partial charge on any atom is 0.173 e. The molecule has 94 valence electrons. The molecule has 0 atom stereocenters. The molecule has 3 heteroatoms. The standard InChI is InChI=1S/C16H10I2O/c17-15-13(11-7-3-1-4-8-11)14(16(18)19-15)12-9-5-2-6-10-12/h1-10H. The summed E-state index contributed by atoms with van der Waals surface area (Å²) in [5.74, 6) is 0. The van der Waals surface area contributed by atoms with Gasteiger partial charge in [-0.2, -0.15) is 0 Å². The zero-order valence-corrected chi connectivity index (χ0v) is 14.3. The Kier molecular flexibility index (Phi) is 3.93. The van der Waals surface area contributed by atoms with Crippen LogP contribution in [0.5, 0.6) is 0 Å². The van der Waals surface area contributed by atoms with Gasteiger partial charge in [0.05, 0.1) is 0 Å². The molecule has 1 nitrogen and oxygen atoms in total. The first-order chi connectivity index (χ1) is 9.27. The van der Waals surface area contributed by atoms with Gasteiger partial charge < -0.3 is 4.42 Å². The zero-order chi connectivity index (χ0) is 13.2. The molecule has 0 spiro atoms. The van der Waals surface area contributed by atoms with E-state index in [1.54, 1.807) is 0 Å². The number of halogens is 2. The summed E-state index contributed by atoms with van der Waals surface area (Å²) < 4.78 is 7.70. The second-order valence-electron chi connectivity index (χ2n) is 4.13. The second kappa shape index (κ2) is 5.66. The molecular weight excluding hydrogens is 462 g/mol. The molecule has 0 aliphatic rings. The molecule has 3 rings (SSSR count). The molecular formula is C16H10I2O. The van der Waals surface area contributed by atoms with Crippen molar-refractivity contribution in [3.8, 4) is 22.3 Å². The highest BCUT2D eigenvalue weighted by molar-refractivity contribution is 14.1. The van der Waals surface area contributed by atoms with E-state index < -0.39 is 0 Å². The molecule has 0 aliphatic carbocycles. The molecule has 3 aromatic rings. The van der Waals surface area contributed by atoms with Crippen LogP contribution >= 0.6 is 45.2 Å². The lowest BCUT2D eigenvalue weighted by atomic mass is 9.99. The second-order valence-corrected chi connectivity index (χ2v) is 6.09. The fraction of sp³-hybridized carbons (Fsp3) is 0. The normalized spacial score (nSPS) is 10.6. The predicted molar refractivity (Wildman–Crippen MR) is 95.0 cm³/mol. The van der Waals surface area contributed by atoms with Gasteiger partial charge in [0, 0.05) is 56.3 Å². The average Bonchev–Trinajstić information content (AvgIpc) is 2.75. The van der Waals surface area contributed by atoms with Crippen LogP contribution in [0.4, 0.5) is 0 Å². The number of benzene rings is 2. The Morgan fingerprint density at radius 3 is 1.32 bits per heavy atom. The van der Waals surface area contributed by atoms with Crippen molar-refractivity contribution in [2.45, 2.75) is 0 Å². The van der Waals surface area contributed by atoms with Crippen molar-refractivity contribution in [1.29, 1.82) is 0 Å². The van der Waals surface area contributed by atoms with Gasteiger partial charge in [-0.3, -0.25) is 0 Å². The van der Waals surface area contributed by atoms with Crippen molar-refractivity contribution < 1.29 is 4.42 Å². The first-order valence-corrected chi connectivity index (χ1v) is 8.02. The third kappa shape index (κ3) is 2.58. The highest BCUT2D eigenvalue weighted by Gasteiger charge is 2.19. The first-order valence-electron chi connectivity index (χ1n) is 5.86. The van der Waals surface area contributed by atoms with E-state index >= 15 is 0 Å². The highest BCUT2D eigenvalue weighted by atomic mass is 127. The van der Waals surface area contributed by atoms with Gasteiger partial charge in [-0.15, -0.1) is 0 Å². The molecule has 0 saturated carbocycles. The van der Waals surface area contributed by atoms with Crippen LogP contribution < -0.4 is 0 Å². The van der Waals surface area contributed by atoms with Gasteiger partial charge in [-0.25, -0.2) is 0 Å². The largest absolute Gasteiger partial charge is 0.443 e. The van der Waals surface area contributed by atoms with Crippen molar-refractivity contribution in [1.82, 2.24) is 0 Å². The SMILES string of the molecule is Ic1oc(I)c(-c2ccccc2)c1-c1ccccc1. The summed E-state index contributed by atoms with van der Waals surface area (Å²) in [6.45, 7) is 0. The van der Waals surface area contributed by atoms with Crippen LogP contribution in [0, 0.1) is 7.53 Å². The molecule has 0 saturated heterocycles. The van der Waals surface area contributed by atoms with Crippen LogP contribution in [0.1, 0.15) is 0 Å². The third-order valence-corrected chi connectivity index (χ3v) is 4.47. The molecule has 0 N–H and O–H groups in total. The van der Waals surface area contributed by atoms with Crippen LogP contribution in [0.2, 0.25) is 0 Å². The van der Waals surface area contributed by atoms with Gasteiger partial charge in [-0.05, 0) is 11.1 Å². The summed E-state index contributed by atoms with van der Waals surface area (Å²) in [4.78, 5) is 0. The average molecular weight is 472 g/mol. The maximum atomic E-state index is 5.83. The van der Waals surface area contributed by atoms with Crippen molar-refractivity contribution >= 4 is 45.2 Å². The predicted octanol–water partition coefficient (Wildman–Crippen LogP) is 5.82. The zero-order valence-electron chi connectivity index (χ0n) is 9.94. The molecule has 0 aliphatic heterocycles. The Morgan fingerprint density at radius 2 is 0.947 bits per heavy atom. The molecule has 2 aromatic carbocycles. The lowest BCUT2D eigenvalue weighted by molar-refractivity contribution is 0.512. The van der Waals surface area contributed by atoms with Crippen LogP contribution in [-0.4, -0.2) is 0 Å². The summed E-state index contributed by atoms with van der Waals surface area (Å²) in [5, 5.41) is 0. The number of rotatable bonds is 2. The topological polar surface area (TPSA) is 13.1 Å². The van der Waals surface area contributed by atoms with Crippen molar-refractivity contribution in [3.63, 3.8) is 0 Å². The summed E-state index contributed by atoms with van der Waals surface area (Å²) in [6, 6.07) is 20.8. The quantitative estimate of drug-likeness (QED) is 0.429. The van der Waals surface area contributed by atoms with E-state index in [-0.39, 0.29) is 0 Å². The summed E-state index contributed by atoms with van der Waals surface area (Å²) in [5.41, 5.74) is 4.74. The molecule has 0 amide bonds. The van der Waals surface area contributed by atoms with Gasteiger partial charge in [-0.1, -0.05) is 60.7 Å². The smallest absolute Gasteiger partial charge is 0.173 e. The third-order valence-electron chi connectivity index (χ3n) is 2.95. The number of furan rings is 1. The van der Waals surface area contributed by atoms with Crippen LogP contribution in [0.15, 0.2) is 65.1 Å². The number of hydrogen-bond donors (Lipinski definition) is 0.